The van der Waals surface area contributed by atoms with Gasteiger partial charge in [0, 0.05) is 10.6 Å². The Labute approximate surface area is 147 Å². The van der Waals surface area contributed by atoms with E-state index in [0.29, 0.717) is 11.4 Å². The lowest BCUT2D eigenvalue weighted by Crippen LogP contribution is -2.13. The number of primary amides is 1. The van der Waals surface area contributed by atoms with E-state index in [2.05, 4.69) is 20.1 Å². The minimum atomic E-state index is -3.63. The first-order valence-electron chi connectivity index (χ1n) is 7.21. The van der Waals surface area contributed by atoms with Crippen molar-refractivity contribution in [3.05, 3.63) is 47.1 Å². The Balaban J connectivity index is 1.79. The van der Waals surface area contributed by atoms with E-state index in [0.717, 1.165) is 16.1 Å². The maximum atomic E-state index is 12.4. The van der Waals surface area contributed by atoms with Gasteiger partial charge in [0.25, 0.3) is 21.8 Å². The predicted octanol–water partition coefficient (Wildman–Crippen LogP) is 1.19. The summed E-state index contributed by atoms with van der Waals surface area (Å²) in [7, 11) is -3.63. The molecule has 2 aromatic heterocycles. The quantitative estimate of drug-likeness (QED) is 0.662. The number of hydrogen-bond donors (Lipinski definition) is 2. The summed E-state index contributed by atoms with van der Waals surface area (Å²) < 4.78 is 27.5. The summed E-state index contributed by atoms with van der Waals surface area (Å²) in [6, 6.07) is 9.70. The summed E-state index contributed by atoms with van der Waals surface area (Å²) in [5, 5.41) is 11.1. The van der Waals surface area contributed by atoms with Gasteiger partial charge in [0.05, 0.1) is 5.69 Å². The number of aromatic nitrogens is 4. The van der Waals surface area contributed by atoms with Crippen LogP contribution in [-0.4, -0.2) is 34.5 Å². The fourth-order valence-electron chi connectivity index (χ4n) is 1.98. The Bertz CT molecular complexity index is 1010. The van der Waals surface area contributed by atoms with Crippen LogP contribution in [0.25, 0.3) is 5.69 Å². The van der Waals surface area contributed by atoms with Crippen LogP contribution in [0.1, 0.15) is 22.4 Å². The normalized spacial score (nSPS) is 11.4. The van der Waals surface area contributed by atoms with Crippen LogP contribution >= 0.6 is 11.3 Å². The Kier molecular flexibility index (Phi) is 4.51. The molecule has 1 aromatic carbocycles. The van der Waals surface area contributed by atoms with Crippen molar-refractivity contribution in [2.45, 2.75) is 17.6 Å². The van der Waals surface area contributed by atoms with Gasteiger partial charge >= 0.3 is 0 Å². The minimum Gasteiger partial charge on any atom is -0.363 e. The van der Waals surface area contributed by atoms with Crippen LogP contribution in [0.2, 0.25) is 0 Å². The molecule has 0 unspecified atom stereocenters. The lowest BCUT2D eigenvalue weighted by molar-refractivity contribution is 0.0990. The molecule has 25 heavy (non-hydrogen) atoms. The van der Waals surface area contributed by atoms with E-state index in [1.807, 2.05) is 6.92 Å². The highest BCUT2D eigenvalue weighted by atomic mass is 32.2. The van der Waals surface area contributed by atoms with Crippen LogP contribution < -0.4 is 10.5 Å². The maximum absolute atomic E-state index is 12.4. The molecule has 1 amide bonds. The second-order valence-corrected chi connectivity index (χ2v) is 8.07. The molecule has 0 spiro atoms. The molecule has 130 valence electrons. The highest BCUT2D eigenvalue weighted by Gasteiger charge is 2.17. The SMILES string of the molecule is CCc1ccc(S(=O)(=O)Nc2ccc(-n3nnc(C(N)=O)n3)cc2)s1. The molecule has 0 saturated carbocycles. The molecule has 0 aliphatic carbocycles. The third-order valence-electron chi connectivity index (χ3n) is 3.23. The number of nitrogens with zero attached hydrogens (tertiary/aromatic N) is 4. The van der Waals surface area contributed by atoms with Gasteiger partial charge < -0.3 is 5.73 Å². The third kappa shape index (κ3) is 3.67. The van der Waals surface area contributed by atoms with E-state index < -0.39 is 15.9 Å². The van der Waals surface area contributed by atoms with Gasteiger partial charge in [0.1, 0.15) is 4.21 Å². The number of benzene rings is 1. The van der Waals surface area contributed by atoms with Crippen LogP contribution in [0.5, 0.6) is 0 Å². The monoisotopic (exact) mass is 378 g/mol. The van der Waals surface area contributed by atoms with Gasteiger partial charge in [0.15, 0.2) is 0 Å². The first kappa shape index (κ1) is 17.0. The van der Waals surface area contributed by atoms with E-state index in [1.54, 1.807) is 36.4 Å². The lowest BCUT2D eigenvalue weighted by atomic mass is 10.3. The predicted molar refractivity (Wildman–Crippen MR) is 92.2 cm³/mol. The average molecular weight is 378 g/mol. The van der Waals surface area contributed by atoms with Gasteiger partial charge in [-0.1, -0.05) is 6.92 Å². The molecule has 2 heterocycles. The number of amides is 1. The van der Waals surface area contributed by atoms with Crippen molar-refractivity contribution in [1.82, 2.24) is 20.2 Å². The molecular formula is C14H14N6O3S2. The second kappa shape index (κ2) is 6.61. The van der Waals surface area contributed by atoms with E-state index in [-0.39, 0.29) is 10.0 Å². The van der Waals surface area contributed by atoms with Crippen molar-refractivity contribution in [2.24, 2.45) is 5.73 Å². The highest BCUT2D eigenvalue weighted by Crippen LogP contribution is 2.24. The van der Waals surface area contributed by atoms with Gasteiger partial charge in [0.2, 0.25) is 0 Å². The fraction of sp³-hybridized carbons (Fsp3) is 0.143. The number of carbonyl (C=O) groups excluding carboxylic acids is 1. The van der Waals surface area contributed by atoms with E-state index >= 15 is 0 Å². The molecule has 3 rings (SSSR count). The fourth-order valence-corrected chi connectivity index (χ4v) is 4.34. The summed E-state index contributed by atoms with van der Waals surface area (Å²) in [4.78, 5) is 13.1. The van der Waals surface area contributed by atoms with Crippen molar-refractivity contribution in [3.63, 3.8) is 0 Å². The van der Waals surface area contributed by atoms with Gasteiger partial charge in [-0.25, -0.2) is 8.42 Å². The lowest BCUT2D eigenvalue weighted by Gasteiger charge is -2.07. The van der Waals surface area contributed by atoms with Crippen LogP contribution in [0.15, 0.2) is 40.6 Å². The molecular weight excluding hydrogens is 364 g/mol. The topological polar surface area (TPSA) is 133 Å². The number of sulfonamides is 1. The van der Waals surface area contributed by atoms with Gasteiger partial charge in [-0.2, -0.15) is 0 Å². The van der Waals surface area contributed by atoms with Crippen LogP contribution in [0, 0.1) is 0 Å². The van der Waals surface area contributed by atoms with Crippen LogP contribution in [0.3, 0.4) is 0 Å². The molecule has 3 N–H and O–H groups in total. The molecule has 0 aliphatic rings. The number of thiophene rings is 1. The highest BCUT2D eigenvalue weighted by molar-refractivity contribution is 7.94. The van der Waals surface area contributed by atoms with Crippen molar-refractivity contribution in [3.8, 4) is 5.69 Å². The summed E-state index contributed by atoms with van der Waals surface area (Å²) in [5.41, 5.74) is 5.97. The van der Waals surface area contributed by atoms with E-state index in [4.69, 9.17) is 5.73 Å². The number of anilines is 1. The number of nitrogens with two attached hydrogens (primary N) is 1. The molecule has 0 radical (unpaired) electrons. The third-order valence-corrected chi connectivity index (χ3v) is 6.34. The first-order chi connectivity index (χ1) is 11.9. The Morgan fingerprint density at radius 3 is 2.52 bits per heavy atom. The summed E-state index contributed by atoms with van der Waals surface area (Å²) >= 11 is 1.24. The number of tetrazole rings is 1. The van der Waals surface area contributed by atoms with Gasteiger partial charge in [-0.05, 0) is 48.0 Å². The Morgan fingerprint density at radius 2 is 1.96 bits per heavy atom. The molecule has 0 bridgehead atoms. The summed E-state index contributed by atoms with van der Waals surface area (Å²) in [5.74, 6) is -0.979. The standard InChI is InChI=1S/C14H14N6O3S2/c1-2-11-7-8-12(24-11)25(22,23)18-9-3-5-10(6-4-9)20-17-14(13(15)21)16-19-20/h3-8,18H,2H2,1H3,(H2,15,21). The zero-order valence-corrected chi connectivity index (χ0v) is 14.7. The number of hydrogen-bond acceptors (Lipinski definition) is 7. The number of carbonyl (C=O) groups is 1. The van der Waals surface area contributed by atoms with Gasteiger partial charge in [-0.15, -0.1) is 26.3 Å². The zero-order chi connectivity index (χ0) is 18.0. The molecule has 0 saturated heterocycles. The van der Waals surface area contributed by atoms with Crippen LogP contribution in [0.4, 0.5) is 5.69 Å². The summed E-state index contributed by atoms with van der Waals surface area (Å²) in [6.45, 7) is 1.97. The van der Waals surface area contributed by atoms with Crippen molar-refractivity contribution in [2.75, 3.05) is 4.72 Å². The van der Waals surface area contributed by atoms with Crippen molar-refractivity contribution < 1.29 is 13.2 Å². The van der Waals surface area contributed by atoms with Crippen molar-refractivity contribution >= 4 is 33.0 Å². The molecule has 3 aromatic rings. The molecule has 0 fully saturated rings. The largest absolute Gasteiger partial charge is 0.363 e. The number of nitrogens with one attached hydrogen (secondary N) is 1. The Morgan fingerprint density at radius 1 is 1.24 bits per heavy atom. The van der Waals surface area contributed by atoms with Gasteiger partial charge in [-0.3, -0.25) is 9.52 Å². The minimum absolute atomic E-state index is 0.200. The maximum Gasteiger partial charge on any atom is 0.290 e. The molecule has 0 atom stereocenters. The Hall–Kier alpha value is -2.79. The number of rotatable bonds is 6. The smallest absolute Gasteiger partial charge is 0.290 e. The summed E-state index contributed by atoms with van der Waals surface area (Å²) in [6.07, 6.45) is 0.785. The molecule has 0 aliphatic heterocycles. The average Bonchev–Trinajstić information content (AvgIpc) is 3.25. The van der Waals surface area contributed by atoms with Crippen molar-refractivity contribution in [1.29, 1.82) is 0 Å². The second-order valence-electron chi connectivity index (χ2n) is 4.99. The van der Waals surface area contributed by atoms with E-state index in [1.165, 1.54) is 11.3 Å². The van der Waals surface area contributed by atoms with Crippen LogP contribution in [-0.2, 0) is 16.4 Å². The molecule has 11 heteroatoms. The first-order valence-corrected chi connectivity index (χ1v) is 9.51. The van der Waals surface area contributed by atoms with E-state index in [9.17, 15) is 13.2 Å². The zero-order valence-electron chi connectivity index (χ0n) is 13.1. The number of aryl methyl sites for hydroxylation is 1. The molecule has 9 nitrogen and oxygen atoms in total.